The SMILES string of the molecule is CCCC[C@](C)(CC)Cc1ccccc1F. The number of unbranched alkanes of at least 4 members (excludes halogenated alkanes) is 1. The number of hydrogen-bond donors (Lipinski definition) is 0. The molecule has 0 unspecified atom stereocenters. The van der Waals surface area contributed by atoms with Gasteiger partial charge in [-0.3, -0.25) is 0 Å². The predicted octanol–water partition coefficient (Wildman–Crippen LogP) is 4.97. The van der Waals surface area contributed by atoms with E-state index in [4.69, 9.17) is 0 Å². The maximum atomic E-state index is 13.6. The molecule has 0 aliphatic rings. The van der Waals surface area contributed by atoms with Crippen molar-refractivity contribution in [1.82, 2.24) is 0 Å². The third-order valence-electron chi connectivity index (χ3n) is 3.56. The van der Waals surface area contributed by atoms with E-state index in [1.807, 2.05) is 12.1 Å². The topological polar surface area (TPSA) is 0 Å². The zero-order valence-corrected chi connectivity index (χ0v) is 10.7. The van der Waals surface area contributed by atoms with Gasteiger partial charge in [-0.2, -0.15) is 0 Å². The fraction of sp³-hybridized carbons (Fsp3) is 0.600. The van der Waals surface area contributed by atoms with Crippen LogP contribution in [0.1, 0.15) is 52.0 Å². The second-order valence-corrected chi connectivity index (χ2v) is 5.04. The fourth-order valence-electron chi connectivity index (χ4n) is 2.10. The first-order valence-electron chi connectivity index (χ1n) is 6.34. The molecule has 0 nitrogen and oxygen atoms in total. The molecule has 0 saturated heterocycles. The zero-order valence-electron chi connectivity index (χ0n) is 10.7. The standard InChI is InChI=1S/C15H23F/c1-4-6-11-15(3,5-2)12-13-9-7-8-10-14(13)16/h7-10H,4-6,11-12H2,1-3H3/t15-/m0/s1. The van der Waals surface area contributed by atoms with Crippen LogP contribution in [0.4, 0.5) is 4.39 Å². The second-order valence-electron chi connectivity index (χ2n) is 5.04. The van der Waals surface area contributed by atoms with E-state index in [0.29, 0.717) is 0 Å². The van der Waals surface area contributed by atoms with Crippen LogP contribution in [-0.2, 0) is 6.42 Å². The maximum Gasteiger partial charge on any atom is 0.126 e. The second kappa shape index (κ2) is 6.03. The summed E-state index contributed by atoms with van der Waals surface area (Å²) in [5.41, 5.74) is 1.11. The lowest BCUT2D eigenvalue weighted by molar-refractivity contribution is 0.270. The van der Waals surface area contributed by atoms with E-state index in [9.17, 15) is 4.39 Å². The first-order valence-corrected chi connectivity index (χ1v) is 6.34. The van der Waals surface area contributed by atoms with Gasteiger partial charge >= 0.3 is 0 Å². The number of benzene rings is 1. The highest BCUT2D eigenvalue weighted by molar-refractivity contribution is 5.18. The minimum absolute atomic E-state index is 0.0568. The van der Waals surface area contributed by atoms with Gasteiger partial charge in [-0.25, -0.2) is 4.39 Å². The first kappa shape index (κ1) is 13.2. The van der Waals surface area contributed by atoms with Gasteiger partial charge in [-0.15, -0.1) is 0 Å². The van der Waals surface area contributed by atoms with Gasteiger partial charge in [0.15, 0.2) is 0 Å². The van der Waals surface area contributed by atoms with Gasteiger partial charge in [0.05, 0.1) is 0 Å². The highest BCUT2D eigenvalue weighted by Crippen LogP contribution is 2.32. The Morgan fingerprint density at radius 3 is 2.44 bits per heavy atom. The summed E-state index contributed by atoms with van der Waals surface area (Å²) >= 11 is 0. The van der Waals surface area contributed by atoms with Crippen LogP contribution in [0.15, 0.2) is 24.3 Å². The van der Waals surface area contributed by atoms with Crippen molar-refractivity contribution in [3.05, 3.63) is 35.6 Å². The van der Waals surface area contributed by atoms with Crippen molar-refractivity contribution < 1.29 is 4.39 Å². The summed E-state index contributed by atoms with van der Waals surface area (Å²) in [5.74, 6) is -0.0568. The Balaban J connectivity index is 2.72. The fourth-order valence-corrected chi connectivity index (χ4v) is 2.10. The van der Waals surface area contributed by atoms with Crippen molar-refractivity contribution in [2.45, 2.75) is 52.9 Å². The summed E-state index contributed by atoms with van der Waals surface area (Å²) in [6.07, 6.45) is 5.61. The quantitative estimate of drug-likeness (QED) is 0.637. The number of rotatable bonds is 6. The summed E-state index contributed by atoms with van der Waals surface area (Å²) in [6, 6.07) is 7.16. The lowest BCUT2D eigenvalue weighted by Crippen LogP contribution is -2.19. The summed E-state index contributed by atoms with van der Waals surface area (Å²) in [4.78, 5) is 0. The van der Waals surface area contributed by atoms with Crippen LogP contribution in [-0.4, -0.2) is 0 Å². The van der Waals surface area contributed by atoms with E-state index < -0.39 is 0 Å². The van der Waals surface area contributed by atoms with Gasteiger partial charge in [0.25, 0.3) is 0 Å². The van der Waals surface area contributed by atoms with Crippen LogP contribution in [0.25, 0.3) is 0 Å². The summed E-state index contributed by atoms with van der Waals surface area (Å²) in [6.45, 7) is 6.69. The third kappa shape index (κ3) is 3.62. The van der Waals surface area contributed by atoms with Crippen LogP contribution in [0.2, 0.25) is 0 Å². The molecule has 0 saturated carbocycles. The molecule has 0 aliphatic carbocycles. The van der Waals surface area contributed by atoms with Gasteiger partial charge in [0, 0.05) is 0 Å². The minimum Gasteiger partial charge on any atom is -0.207 e. The Hall–Kier alpha value is -0.850. The Morgan fingerprint density at radius 2 is 1.88 bits per heavy atom. The Morgan fingerprint density at radius 1 is 1.19 bits per heavy atom. The van der Waals surface area contributed by atoms with E-state index in [0.717, 1.165) is 18.4 Å². The predicted molar refractivity (Wildman–Crippen MR) is 68.0 cm³/mol. The van der Waals surface area contributed by atoms with Crippen molar-refractivity contribution in [1.29, 1.82) is 0 Å². The molecular formula is C15H23F. The van der Waals surface area contributed by atoms with Crippen LogP contribution < -0.4 is 0 Å². The molecule has 0 aliphatic heterocycles. The Labute approximate surface area is 98.9 Å². The maximum absolute atomic E-state index is 13.6. The van der Waals surface area contributed by atoms with E-state index in [-0.39, 0.29) is 11.2 Å². The molecule has 0 heterocycles. The highest BCUT2D eigenvalue weighted by atomic mass is 19.1. The lowest BCUT2D eigenvalue weighted by atomic mass is 9.77. The van der Waals surface area contributed by atoms with Crippen LogP contribution in [0.3, 0.4) is 0 Å². The van der Waals surface area contributed by atoms with E-state index in [2.05, 4.69) is 20.8 Å². The monoisotopic (exact) mass is 222 g/mol. The van der Waals surface area contributed by atoms with Gasteiger partial charge in [-0.1, -0.05) is 58.2 Å². The van der Waals surface area contributed by atoms with Crippen molar-refractivity contribution in [3.8, 4) is 0 Å². The van der Waals surface area contributed by atoms with Crippen molar-refractivity contribution in [3.63, 3.8) is 0 Å². The smallest absolute Gasteiger partial charge is 0.126 e. The van der Waals surface area contributed by atoms with Gasteiger partial charge in [0.2, 0.25) is 0 Å². The molecule has 0 fully saturated rings. The minimum atomic E-state index is -0.0568. The molecule has 1 aromatic carbocycles. The Bertz CT molecular complexity index is 319. The summed E-state index contributed by atoms with van der Waals surface area (Å²) < 4.78 is 13.6. The molecule has 1 rings (SSSR count). The molecule has 1 aromatic rings. The molecule has 16 heavy (non-hydrogen) atoms. The zero-order chi connectivity index (χ0) is 12.0. The molecule has 90 valence electrons. The normalized spacial score (nSPS) is 14.8. The van der Waals surface area contributed by atoms with Gasteiger partial charge in [0.1, 0.15) is 5.82 Å². The average molecular weight is 222 g/mol. The van der Waals surface area contributed by atoms with Gasteiger partial charge in [-0.05, 0) is 29.9 Å². The molecule has 1 atom stereocenters. The molecule has 0 amide bonds. The summed E-state index contributed by atoms with van der Waals surface area (Å²) in [5, 5.41) is 0. The van der Waals surface area contributed by atoms with Gasteiger partial charge < -0.3 is 0 Å². The average Bonchev–Trinajstić information content (AvgIpc) is 2.30. The summed E-state index contributed by atoms with van der Waals surface area (Å²) in [7, 11) is 0. The molecular weight excluding hydrogens is 199 g/mol. The van der Waals surface area contributed by atoms with E-state index in [1.165, 1.54) is 19.3 Å². The molecule has 0 spiro atoms. The number of hydrogen-bond acceptors (Lipinski definition) is 0. The third-order valence-corrected chi connectivity index (χ3v) is 3.56. The highest BCUT2D eigenvalue weighted by Gasteiger charge is 2.22. The molecule has 0 radical (unpaired) electrons. The molecule has 0 bridgehead atoms. The van der Waals surface area contributed by atoms with Crippen molar-refractivity contribution >= 4 is 0 Å². The molecule has 0 aromatic heterocycles. The van der Waals surface area contributed by atoms with E-state index in [1.54, 1.807) is 12.1 Å². The largest absolute Gasteiger partial charge is 0.207 e. The number of halogens is 1. The molecule has 0 N–H and O–H groups in total. The van der Waals surface area contributed by atoms with Crippen molar-refractivity contribution in [2.24, 2.45) is 5.41 Å². The lowest BCUT2D eigenvalue weighted by Gasteiger charge is -2.28. The molecule has 1 heteroatoms. The first-order chi connectivity index (χ1) is 7.61. The van der Waals surface area contributed by atoms with Crippen LogP contribution >= 0.6 is 0 Å². The Kier molecular flexibility index (Phi) is 4.98. The van der Waals surface area contributed by atoms with Crippen LogP contribution in [0, 0.1) is 11.2 Å². The van der Waals surface area contributed by atoms with Crippen molar-refractivity contribution in [2.75, 3.05) is 0 Å². The van der Waals surface area contributed by atoms with Crippen LogP contribution in [0.5, 0.6) is 0 Å². The van der Waals surface area contributed by atoms with E-state index >= 15 is 0 Å².